The number of nitrogens with one attached hydrogen (secondary N) is 1. The van der Waals surface area contributed by atoms with Gasteiger partial charge in [0.15, 0.2) is 5.82 Å². The Morgan fingerprint density at radius 2 is 1.64 bits per heavy atom. The highest BCUT2D eigenvalue weighted by Crippen LogP contribution is 2.41. The molecule has 4 aromatic carbocycles. The molecule has 1 atom stereocenters. The van der Waals surface area contributed by atoms with Crippen LogP contribution >= 0.6 is 0 Å². The number of fused-ring (bicyclic) bond motifs is 3. The zero-order valence-corrected chi connectivity index (χ0v) is 34.3. The monoisotopic (exact) mass is 805 g/mol. The van der Waals surface area contributed by atoms with E-state index in [-0.39, 0.29) is 12.6 Å². The quantitative estimate of drug-likeness (QED) is 0.125. The summed E-state index contributed by atoms with van der Waals surface area (Å²) in [5, 5.41) is 22.5. The Bertz CT molecular complexity index is 2550. The van der Waals surface area contributed by atoms with Crippen molar-refractivity contribution in [3.05, 3.63) is 102 Å². The highest BCUT2D eigenvalue weighted by Gasteiger charge is 2.30. The summed E-state index contributed by atoms with van der Waals surface area (Å²) in [4.78, 5) is 15.4. The molecule has 0 radical (unpaired) electrons. The van der Waals surface area contributed by atoms with Crippen molar-refractivity contribution in [3.8, 4) is 22.6 Å². The van der Waals surface area contributed by atoms with E-state index in [4.69, 9.17) is 14.6 Å². The Kier molecular flexibility index (Phi) is 11.1. The standard InChI is InChI=1S/C44H51N7O6S/c1-30-11-9-23-51-41-35(36(42(51)44(52)53)17-10-28-56-39-18-7-13-31-12-5-6-14-34(31)39)15-8-16-37(41)40-38(48(4)46-43(40)45-30)29-57-33-21-19-32(20-22-33)49-24-26-50(27-25-49)58(54,55)47(2)3/h5-8,12-16,18-22,30H,9-11,17,23-29H2,1-4H3,(H,45,46)(H,52,53). The van der Waals surface area contributed by atoms with Crippen LogP contribution in [0.5, 0.6) is 11.5 Å². The predicted molar refractivity (Wildman–Crippen MR) is 228 cm³/mol. The first kappa shape index (κ1) is 39.3. The molecule has 58 heavy (non-hydrogen) atoms. The molecular formula is C44H51N7O6S. The van der Waals surface area contributed by atoms with E-state index in [1.165, 1.54) is 8.61 Å². The van der Waals surface area contributed by atoms with Gasteiger partial charge in [-0.3, -0.25) is 4.68 Å². The Morgan fingerprint density at radius 1 is 0.914 bits per heavy atom. The van der Waals surface area contributed by atoms with E-state index >= 15 is 0 Å². The number of aromatic nitrogens is 3. The summed E-state index contributed by atoms with van der Waals surface area (Å²) in [7, 11) is 1.59. The topological polar surface area (TPSA) is 134 Å². The zero-order valence-electron chi connectivity index (χ0n) is 33.5. The van der Waals surface area contributed by atoms with Gasteiger partial charge in [0.05, 0.1) is 23.4 Å². The van der Waals surface area contributed by atoms with E-state index in [1.807, 2.05) is 77.0 Å². The van der Waals surface area contributed by atoms with Crippen molar-refractivity contribution < 1.29 is 27.8 Å². The Hall–Kier alpha value is -5.57. The van der Waals surface area contributed by atoms with Gasteiger partial charge in [-0.25, -0.2) is 4.79 Å². The number of hydrogen-bond donors (Lipinski definition) is 2. The van der Waals surface area contributed by atoms with Crippen LogP contribution in [0.25, 0.3) is 32.8 Å². The van der Waals surface area contributed by atoms with Gasteiger partial charge in [-0.1, -0.05) is 54.6 Å². The molecule has 2 N–H and O–H groups in total. The Morgan fingerprint density at radius 3 is 2.40 bits per heavy atom. The average Bonchev–Trinajstić information content (AvgIpc) is 3.71. The minimum atomic E-state index is -3.44. The molecule has 13 nitrogen and oxygen atoms in total. The molecule has 14 heteroatoms. The van der Waals surface area contributed by atoms with Crippen LogP contribution in [0.3, 0.4) is 0 Å². The minimum absolute atomic E-state index is 0.107. The van der Waals surface area contributed by atoms with Crippen LogP contribution in [0.1, 0.15) is 47.9 Å². The van der Waals surface area contributed by atoms with Gasteiger partial charge in [0.2, 0.25) is 0 Å². The molecule has 0 aliphatic carbocycles. The molecule has 304 valence electrons. The number of nitrogens with zero attached hydrogens (tertiary/aromatic N) is 6. The van der Waals surface area contributed by atoms with E-state index in [0.717, 1.165) is 74.2 Å². The van der Waals surface area contributed by atoms with E-state index in [2.05, 4.69) is 41.4 Å². The van der Waals surface area contributed by atoms with Crippen LogP contribution in [0, 0.1) is 0 Å². The number of carbonyl (C=O) groups is 1. The molecule has 2 aromatic heterocycles. The van der Waals surface area contributed by atoms with Crippen molar-refractivity contribution in [3.63, 3.8) is 0 Å². The number of benzene rings is 4. The van der Waals surface area contributed by atoms with E-state index in [0.29, 0.717) is 63.6 Å². The number of aryl methyl sites for hydroxylation is 3. The normalized spacial score (nSPS) is 16.4. The lowest BCUT2D eigenvalue weighted by atomic mass is 9.98. The fourth-order valence-electron chi connectivity index (χ4n) is 8.44. The fraction of sp³-hybridized carbons (Fsp3) is 0.364. The highest BCUT2D eigenvalue weighted by atomic mass is 32.2. The Balaban J connectivity index is 1.06. The van der Waals surface area contributed by atoms with Crippen molar-refractivity contribution in [1.82, 2.24) is 23.0 Å². The van der Waals surface area contributed by atoms with Crippen LogP contribution in [-0.4, -0.2) is 95.4 Å². The van der Waals surface area contributed by atoms with Gasteiger partial charge in [-0.15, -0.1) is 0 Å². The van der Waals surface area contributed by atoms with Gasteiger partial charge in [-0.2, -0.15) is 22.1 Å². The first-order valence-corrected chi connectivity index (χ1v) is 21.4. The number of carboxylic acids is 1. The minimum Gasteiger partial charge on any atom is -0.493 e. The first-order chi connectivity index (χ1) is 28.0. The maximum atomic E-state index is 13.2. The SMILES string of the molecule is CC1CCCn2c(C(=O)O)c(CCCOc3cccc4ccccc34)c3cccc(c32)-c2c(nn(C)c2COc2ccc(N3CCN(S(=O)(=O)N(C)C)CC3)cc2)N1. The number of rotatable bonds is 12. The summed E-state index contributed by atoms with van der Waals surface area (Å²) in [5.41, 5.74) is 5.70. The summed E-state index contributed by atoms with van der Waals surface area (Å²) in [6, 6.07) is 28.3. The molecule has 0 saturated carbocycles. The van der Waals surface area contributed by atoms with Gasteiger partial charge >= 0.3 is 5.97 Å². The van der Waals surface area contributed by atoms with Crippen molar-refractivity contribution in [1.29, 1.82) is 0 Å². The van der Waals surface area contributed by atoms with Crippen molar-refractivity contribution in [2.75, 3.05) is 57.1 Å². The van der Waals surface area contributed by atoms with E-state index in [1.54, 1.807) is 14.1 Å². The Labute approximate surface area is 339 Å². The maximum Gasteiger partial charge on any atom is 0.352 e. The van der Waals surface area contributed by atoms with Crippen molar-refractivity contribution in [2.24, 2.45) is 7.05 Å². The third kappa shape index (κ3) is 7.59. The average molecular weight is 806 g/mol. The van der Waals surface area contributed by atoms with Crippen LogP contribution in [0.4, 0.5) is 11.5 Å². The lowest BCUT2D eigenvalue weighted by Crippen LogP contribution is -2.51. The molecule has 0 amide bonds. The number of hydrogen-bond acceptors (Lipinski definition) is 8. The molecule has 8 rings (SSSR count). The molecule has 6 aromatic rings. The van der Waals surface area contributed by atoms with E-state index < -0.39 is 16.2 Å². The first-order valence-electron chi connectivity index (χ1n) is 20.0. The summed E-state index contributed by atoms with van der Waals surface area (Å²) in [6.45, 7) is 5.42. The van der Waals surface area contributed by atoms with Gasteiger partial charge in [0.25, 0.3) is 10.2 Å². The lowest BCUT2D eigenvalue weighted by Gasteiger charge is -2.36. The molecule has 1 saturated heterocycles. The van der Waals surface area contributed by atoms with Gasteiger partial charge in [0, 0.05) is 81.9 Å². The molecule has 0 spiro atoms. The van der Waals surface area contributed by atoms with Crippen molar-refractivity contribution in [2.45, 2.75) is 51.8 Å². The number of para-hydroxylation sites is 1. The maximum absolute atomic E-state index is 13.2. The summed E-state index contributed by atoms with van der Waals surface area (Å²) < 4.78 is 44.6. The second kappa shape index (κ2) is 16.4. The van der Waals surface area contributed by atoms with Crippen LogP contribution in [0.2, 0.25) is 0 Å². The summed E-state index contributed by atoms with van der Waals surface area (Å²) in [6.07, 6.45) is 2.83. The molecular weight excluding hydrogens is 755 g/mol. The predicted octanol–water partition coefficient (Wildman–Crippen LogP) is 7.01. The molecule has 4 heterocycles. The van der Waals surface area contributed by atoms with Crippen LogP contribution in [-0.2, 0) is 36.8 Å². The smallest absolute Gasteiger partial charge is 0.352 e. The number of ether oxygens (including phenoxy) is 2. The van der Waals surface area contributed by atoms with Crippen molar-refractivity contribution >= 4 is 49.4 Å². The largest absolute Gasteiger partial charge is 0.493 e. The summed E-state index contributed by atoms with van der Waals surface area (Å²) in [5.74, 6) is 1.32. The number of piperazine rings is 1. The third-order valence-corrected chi connectivity index (χ3v) is 13.3. The number of aromatic carboxylic acids is 1. The highest BCUT2D eigenvalue weighted by molar-refractivity contribution is 7.86. The number of carboxylic acid groups (broad SMARTS) is 1. The van der Waals surface area contributed by atoms with Gasteiger partial charge < -0.3 is 29.4 Å². The lowest BCUT2D eigenvalue weighted by molar-refractivity contribution is 0.0684. The molecule has 0 bridgehead atoms. The molecule has 2 aliphatic heterocycles. The van der Waals surface area contributed by atoms with E-state index in [9.17, 15) is 18.3 Å². The van der Waals surface area contributed by atoms with Crippen LogP contribution < -0.4 is 19.7 Å². The van der Waals surface area contributed by atoms with Gasteiger partial charge in [-0.05, 0) is 73.9 Å². The number of anilines is 2. The fourth-order valence-corrected chi connectivity index (χ4v) is 9.52. The van der Waals surface area contributed by atoms with Crippen LogP contribution in [0.15, 0.2) is 84.9 Å². The molecule has 2 aliphatic rings. The zero-order chi connectivity index (χ0) is 40.6. The molecule has 1 unspecified atom stereocenters. The second-order valence-corrected chi connectivity index (χ2v) is 17.5. The summed E-state index contributed by atoms with van der Waals surface area (Å²) >= 11 is 0. The third-order valence-electron chi connectivity index (χ3n) is 11.4. The van der Waals surface area contributed by atoms with Gasteiger partial charge in [0.1, 0.15) is 23.8 Å². The second-order valence-electron chi connectivity index (χ2n) is 15.4. The molecule has 1 fully saturated rings.